The molecule has 2 heteroatoms. The zero-order valence-electron chi connectivity index (χ0n) is 7.27. The highest BCUT2D eigenvalue weighted by atomic mass is 79.9. The fraction of sp³-hybridized carbons (Fsp3) is 0.400. The van der Waals surface area contributed by atoms with Gasteiger partial charge in [0.05, 0.1) is 0 Å². The molecule has 0 aliphatic heterocycles. The van der Waals surface area contributed by atoms with Gasteiger partial charge in [-0.25, -0.2) is 0 Å². The van der Waals surface area contributed by atoms with Crippen LogP contribution in [0, 0.1) is 6.92 Å². The van der Waals surface area contributed by atoms with E-state index in [1.807, 2.05) is 0 Å². The molecule has 1 unspecified atom stereocenters. The Morgan fingerprint density at radius 2 is 2.00 bits per heavy atom. The van der Waals surface area contributed by atoms with Crippen LogP contribution in [0.4, 0.5) is 0 Å². The Morgan fingerprint density at radius 1 is 1.33 bits per heavy atom. The number of hydrogen-bond acceptors (Lipinski definition) is 0. The van der Waals surface area contributed by atoms with Crippen molar-refractivity contribution in [2.24, 2.45) is 0 Å². The van der Waals surface area contributed by atoms with E-state index in [-0.39, 0.29) is 0 Å². The Hall–Kier alpha value is 0.180. The summed E-state index contributed by atoms with van der Waals surface area (Å²) >= 11 is 6.98. The molecule has 0 fully saturated rings. The van der Waals surface area contributed by atoms with Gasteiger partial charge in [0.2, 0.25) is 0 Å². The van der Waals surface area contributed by atoms with Crippen molar-refractivity contribution < 1.29 is 0 Å². The summed E-state index contributed by atoms with van der Waals surface area (Å²) in [7, 11) is 0. The molecule has 1 rings (SSSR count). The van der Waals surface area contributed by atoms with Gasteiger partial charge in [-0.2, -0.15) is 0 Å². The molecule has 0 heterocycles. The molecule has 0 aromatic heterocycles. The van der Waals surface area contributed by atoms with E-state index in [1.165, 1.54) is 15.6 Å². The van der Waals surface area contributed by atoms with Crippen LogP contribution < -0.4 is 0 Å². The maximum absolute atomic E-state index is 3.50. The van der Waals surface area contributed by atoms with Gasteiger partial charge in [0.15, 0.2) is 0 Å². The number of aryl methyl sites for hydroxylation is 1. The van der Waals surface area contributed by atoms with E-state index in [4.69, 9.17) is 0 Å². The molecule has 0 saturated carbocycles. The molecule has 0 amide bonds. The van der Waals surface area contributed by atoms with Crippen LogP contribution in [-0.2, 0) is 0 Å². The minimum absolute atomic E-state index is 0.584. The van der Waals surface area contributed by atoms with Gasteiger partial charge >= 0.3 is 0 Å². The normalized spacial score (nSPS) is 13.0. The Bertz CT molecular complexity index is 248. The highest BCUT2D eigenvalue weighted by molar-refractivity contribution is 9.10. The molecule has 0 aliphatic rings. The van der Waals surface area contributed by atoms with Crippen LogP contribution in [0.15, 0.2) is 22.7 Å². The maximum Gasteiger partial charge on any atom is 0.0180 e. The monoisotopic (exact) mass is 290 g/mol. The lowest BCUT2D eigenvalue weighted by Gasteiger charge is -2.09. The highest BCUT2D eigenvalue weighted by Crippen LogP contribution is 2.23. The molecule has 0 radical (unpaired) electrons. The fourth-order valence-corrected chi connectivity index (χ4v) is 2.14. The van der Waals surface area contributed by atoms with E-state index in [0.717, 1.165) is 5.33 Å². The summed E-state index contributed by atoms with van der Waals surface area (Å²) in [4.78, 5) is 0. The quantitative estimate of drug-likeness (QED) is 0.715. The molecular weight excluding hydrogens is 280 g/mol. The van der Waals surface area contributed by atoms with Crippen LogP contribution in [-0.4, -0.2) is 5.33 Å². The first-order chi connectivity index (χ1) is 5.63. The molecule has 0 spiro atoms. The first-order valence-corrected chi connectivity index (χ1v) is 5.88. The average Bonchev–Trinajstić information content (AvgIpc) is 2.01. The zero-order chi connectivity index (χ0) is 9.14. The second kappa shape index (κ2) is 4.43. The Labute approximate surface area is 90.6 Å². The minimum Gasteiger partial charge on any atom is -0.0922 e. The topological polar surface area (TPSA) is 0 Å². The van der Waals surface area contributed by atoms with Gasteiger partial charge in [-0.15, -0.1) is 0 Å². The highest BCUT2D eigenvalue weighted by Gasteiger charge is 2.04. The summed E-state index contributed by atoms with van der Waals surface area (Å²) in [5, 5.41) is 1.02. The Kier molecular flexibility index (Phi) is 3.78. The standard InChI is InChI=1S/C10H12Br2/c1-7-3-9(8(2)6-11)5-10(12)4-7/h3-5,8H,6H2,1-2H3. The van der Waals surface area contributed by atoms with Gasteiger partial charge in [-0.05, 0) is 36.1 Å². The predicted molar refractivity (Wildman–Crippen MR) is 61.1 cm³/mol. The predicted octanol–water partition coefficient (Wildman–Crippen LogP) is 4.26. The third kappa shape index (κ3) is 2.60. The summed E-state index contributed by atoms with van der Waals surface area (Å²) in [5.74, 6) is 0.584. The molecule has 66 valence electrons. The molecule has 0 nitrogen and oxygen atoms in total. The van der Waals surface area contributed by atoms with Gasteiger partial charge in [-0.1, -0.05) is 44.8 Å². The van der Waals surface area contributed by atoms with Gasteiger partial charge < -0.3 is 0 Å². The SMILES string of the molecule is Cc1cc(Br)cc(C(C)CBr)c1. The molecule has 1 aromatic rings. The molecule has 12 heavy (non-hydrogen) atoms. The van der Waals surface area contributed by atoms with Crippen molar-refractivity contribution >= 4 is 31.9 Å². The summed E-state index contributed by atoms with van der Waals surface area (Å²) < 4.78 is 1.17. The van der Waals surface area contributed by atoms with Crippen LogP contribution >= 0.6 is 31.9 Å². The molecular formula is C10H12Br2. The van der Waals surface area contributed by atoms with Crippen molar-refractivity contribution in [3.8, 4) is 0 Å². The van der Waals surface area contributed by atoms with Gasteiger partial charge in [0.25, 0.3) is 0 Å². The summed E-state index contributed by atoms with van der Waals surface area (Å²) in [6.07, 6.45) is 0. The van der Waals surface area contributed by atoms with Crippen molar-refractivity contribution in [3.05, 3.63) is 33.8 Å². The summed E-state index contributed by atoms with van der Waals surface area (Å²) in [6.45, 7) is 4.34. The van der Waals surface area contributed by atoms with Crippen LogP contribution in [0.1, 0.15) is 24.0 Å². The summed E-state index contributed by atoms with van der Waals surface area (Å²) in [5.41, 5.74) is 2.70. The lowest BCUT2D eigenvalue weighted by atomic mass is 10.0. The van der Waals surface area contributed by atoms with Crippen LogP contribution in [0.2, 0.25) is 0 Å². The third-order valence-corrected chi connectivity index (χ3v) is 3.29. The van der Waals surface area contributed by atoms with Crippen molar-refractivity contribution in [3.63, 3.8) is 0 Å². The first-order valence-electron chi connectivity index (χ1n) is 3.96. The molecule has 0 bridgehead atoms. The van der Waals surface area contributed by atoms with Crippen LogP contribution in [0.25, 0.3) is 0 Å². The first kappa shape index (κ1) is 10.3. The molecule has 0 saturated heterocycles. The zero-order valence-corrected chi connectivity index (χ0v) is 10.4. The van der Waals surface area contributed by atoms with E-state index < -0.39 is 0 Å². The average molecular weight is 292 g/mol. The number of alkyl halides is 1. The van der Waals surface area contributed by atoms with E-state index in [0.29, 0.717) is 5.92 Å². The fourth-order valence-electron chi connectivity index (χ4n) is 1.14. The Morgan fingerprint density at radius 3 is 2.50 bits per heavy atom. The second-order valence-corrected chi connectivity index (χ2v) is 4.68. The van der Waals surface area contributed by atoms with E-state index >= 15 is 0 Å². The minimum atomic E-state index is 0.584. The largest absolute Gasteiger partial charge is 0.0922 e. The molecule has 0 aliphatic carbocycles. The lowest BCUT2D eigenvalue weighted by Crippen LogP contribution is -1.94. The van der Waals surface area contributed by atoms with Crippen molar-refractivity contribution in [2.75, 3.05) is 5.33 Å². The molecule has 1 atom stereocenters. The van der Waals surface area contributed by atoms with Crippen molar-refractivity contribution in [1.82, 2.24) is 0 Å². The van der Waals surface area contributed by atoms with Gasteiger partial charge in [0, 0.05) is 9.80 Å². The van der Waals surface area contributed by atoms with E-state index in [2.05, 4.69) is 63.9 Å². The lowest BCUT2D eigenvalue weighted by molar-refractivity contribution is 0.885. The Balaban J connectivity index is 3.00. The van der Waals surface area contributed by atoms with Crippen molar-refractivity contribution in [1.29, 1.82) is 0 Å². The number of rotatable bonds is 2. The van der Waals surface area contributed by atoms with E-state index in [1.54, 1.807) is 0 Å². The van der Waals surface area contributed by atoms with Crippen LogP contribution in [0.5, 0.6) is 0 Å². The third-order valence-electron chi connectivity index (χ3n) is 1.86. The van der Waals surface area contributed by atoms with Crippen molar-refractivity contribution in [2.45, 2.75) is 19.8 Å². The molecule has 0 N–H and O–H groups in total. The number of halogens is 2. The number of hydrogen-bond donors (Lipinski definition) is 0. The second-order valence-electron chi connectivity index (χ2n) is 3.12. The smallest absolute Gasteiger partial charge is 0.0180 e. The number of benzene rings is 1. The van der Waals surface area contributed by atoms with Gasteiger partial charge in [0.1, 0.15) is 0 Å². The van der Waals surface area contributed by atoms with E-state index in [9.17, 15) is 0 Å². The maximum atomic E-state index is 3.50. The van der Waals surface area contributed by atoms with Crippen LogP contribution in [0.3, 0.4) is 0 Å². The van der Waals surface area contributed by atoms with Gasteiger partial charge in [-0.3, -0.25) is 0 Å². The summed E-state index contributed by atoms with van der Waals surface area (Å²) in [6, 6.07) is 6.54. The molecule has 1 aromatic carbocycles.